The molecule has 98 valence electrons. The number of aryl methyl sites for hydroxylation is 2. The molecule has 0 saturated heterocycles. The monoisotopic (exact) mass is 255 g/mol. The lowest BCUT2D eigenvalue weighted by molar-refractivity contribution is 0.0698. The lowest BCUT2D eigenvalue weighted by atomic mass is 10.1. The van der Waals surface area contributed by atoms with Gasteiger partial charge in [-0.05, 0) is 37.1 Å². The van der Waals surface area contributed by atoms with Gasteiger partial charge in [0.2, 0.25) is 0 Å². The molecule has 19 heavy (non-hydrogen) atoms. The van der Waals surface area contributed by atoms with E-state index in [9.17, 15) is 9.90 Å². The second-order valence-electron chi connectivity index (χ2n) is 4.49. The molecule has 0 atom stereocenters. The zero-order valence-corrected chi connectivity index (χ0v) is 11.1. The number of para-hydroxylation sites is 1. The van der Waals surface area contributed by atoms with Gasteiger partial charge in [-0.2, -0.15) is 0 Å². The molecular formula is C16H17NO2. The van der Waals surface area contributed by atoms with Gasteiger partial charge in [-0.1, -0.05) is 36.8 Å². The predicted octanol–water partition coefficient (Wildman–Crippen LogP) is 4.00. The van der Waals surface area contributed by atoms with Gasteiger partial charge >= 0.3 is 5.97 Å². The third-order valence-corrected chi connectivity index (χ3v) is 3.07. The lowest BCUT2D eigenvalue weighted by Crippen LogP contribution is -2.04. The SMILES string of the molecule is CCc1ccccc1Nc1ccc(C)cc1C(=O)O. The molecule has 0 aliphatic heterocycles. The van der Waals surface area contributed by atoms with Crippen molar-refractivity contribution in [3.8, 4) is 0 Å². The summed E-state index contributed by atoms with van der Waals surface area (Å²) in [6.07, 6.45) is 0.900. The van der Waals surface area contributed by atoms with Crippen LogP contribution in [0.3, 0.4) is 0 Å². The van der Waals surface area contributed by atoms with Gasteiger partial charge < -0.3 is 10.4 Å². The number of carboxylic acid groups (broad SMARTS) is 1. The second-order valence-corrected chi connectivity index (χ2v) is 4.49. The maximum atomic E-state index is 11.3. The Morgan fingerprint density at radius 1 is 1.16 bits per heavy atom. The van der Waals surface area contributed by atoms with Crippen LogP contribution in [0.2, 0.25) is 0 Å². The molecule has 3 heteroatoms. The van der Waals surface area contributed by atoms with E-state index in [4.69, 9.17) is 0 Å². The number of aromatic carboxylic acids is 1. The average molecular weight is 255 g/mol. The Labute approximate surface area is 112 Å². The largest absolute Gasteiger partial charge is 0.478 e. The van der Waals surface area contributed by atoms with E-state index in [1.807, 2.05) is 43.3 Å². The number of carboxylic acids is 1. The van der Waals surface area contributed by atoms with Crippen LogP contribution in [0.1, 0.15) is 28.4 Å². The Kier molecular flexibility index (Phi) is 3.85. The molecule has 0 fully saturated rings. The number of benzene rings is 2. The van der Waals surface area contributed by atoms with E-state index in [1.165, 1.54) is 5.56 Å². The Morgan fingerprint density at radius 3 is 2.58 bits per heavy atom. The smallest absolute Gasteiger partial charge is 0.337 e. The van der Waals surface area contributed by atoms with E-state index in [-0.39, 0.29) is 0 Å². The highest BCUT2D eigenvalue weighted by atomic mass is 16.4. The van der Waals surface area contributed by atoms with Gasteiger partial charge in [-0.15, -0.1) is 0 Å². The van der Waals surface area contributed by atoms with Crippen LogP contribution in [0, 0.1) is 6.92 Å². The third kappa shape index (κ3) is 2.94. The van der Waals surface area contributed by atoms with Crippen molar-refractivity contribution in [3.63, 3.8) is 0 Å². The fraction of sp³-hybridized carbons (Fsp3) is 0.188. The average Bonchev–Trinajstić information content (AvgIpc) is 2.41. The predicted molar refractivity (Wildman–Crippen MR) is 77.2 cm³/mol. The zero-order valence-electron chi connectivity index (χ0n) is 11.1. The van der Waals surface area contributed by atoms with Crippen molar-refractivity contribution in [2.45, 2.75) is 20.3 Å². The van der Waals surface area contributed by atoms with Crippen molar-refractivity contribution >= 4 is 17.3 Å². The first-order valence-corrected chi connectivity index (χ1v) is 6.30. The maximum Gasteiger partial charge on any atom is 0.337 e. The molecule has 3 nitrogen and oxygen atoms in total. The molecule has 0 aliphatic carbocycles. The summed E-state index contributed by atoms with van der Waals surface area (Å²) in [5.41, 5.74) is 3.98. The molecule has 0 saturated carbocycles. The molecule has 0 unspecified atom stereocenters. The van der Waals surface area contributed by atoms with Crippen molar-refractivity contribution in [2.75, 3.05) is 5.32 Å². The molecule has 2 aromatic rings. The Balaban J connectivity index is 2.41. The van der Waals surface area contributed by atoms with Crippen molar-refractivity contribution in [1.29, 1.82) is 0 Å². The molecule has 2 aromatic carbocycles. The van der Waals surface area contributed by atoms with Gasteiger partial charge in [-0.3, -0.25) is 0 Å². The molecule has 2 rings (SSSR count). The summed E-state index contributed by atoms with van der Waals surface area (Å²) in [6, 6.07) is 13.3. The summed E-state index contributed by atoms with van der Waals surface area (Å²) in [5, 5.41) is 12.5. The zero-order chi connectivity index (χ0) is 13.8. The second kappa shape index (κ2) is 5.57. The minimum absolute atomic E-state index is 0.297. The van der Waals surface area contributed by atoms with Gasteiger partial charge in [0.1, 0.15) is 0 Å². The molecule has 0 aliphatic rings. The minimum atomic E-state index is -0.917. The van der Waals surface area contributed by atoms with Gasteiger partial charge in [0.15, 0.2) is 0 Å². The highest BCUT2D eigenvalue weighted by molar-refractivity contribution is 5.95. The normalized spacial score (nSPS) is 10.2. The first-order valence-electron chi connectivity index (χ1n) is 6.30. The molecule has 0 bridgehead atoms. The van der Waals surface area contributed by atoms with Crippen molar-refractivity contribution in [3.05, 3.63) is 59.2 Å². The van der Waals surface area contributed by atoms with E-state index in [2.05, 4.69) is 12.2 Å². The van der Waals surface area contributed by atoms with Gasteiger partial charge in [0, 0.05) is 5.69 Å². The van der Waals surface area contributed by atoms with E-state index in [0.717, 1.165) is 17.7 Å². The van der Waals surface area contributed by atoms with E-state index in [0.29, 0.717) is 11.3 Å². The van der Waals surface area contributed by atoms with Crippen LogP contribution in [-0.2, 0) is 6.42 Å². The van der Waals surface area contributed by atoms with Gasteiger partial charge in [0.25, 0.3) is 0 Å². The summed E-state index contributed by atoms with van der Waals surface area (Å²) >= 11 is 0. The van der Waals surface area contributed by atoms with E-state index < -0.39 is 5.97 Å². The topological polar surface area (TPSA) is 49.3 Å². The number of hydrogen-bond donors (Lipinski definition) is 2. The van der Waals surface area contributed by atoms with Crippen molar-refractivity contribution < 1.29 is 9.90 Å². The van der Waals surface area contributed by atoms with Gasteiger partial charge in [0.05, 0.1) is 11.3 Å². The summed E-state index contributed by atoms with van der Waals surface area (Å²) in [5.74, 6) is -0.917. The first-order chi connectivity index (χ1) is 9.11. The fourth-order valence-corrected chi connectivity index (χ4v) is 2.04. The van der Waals surface area contributed by atoms with Crippen LogP contribution >= 0.6 is 0 Å². The Bertz CT molecular complexity index is 605. The Hall–Kier alpha value is -2.29. The molecule has 0 spiro atoms. The number of hydrogen-bond acceptors (Lipinski definition) is 2. The summed E-state index contributed by atoms with van der Waals surface area (Å²) in [4.78, 5) is 11.3. The van der Waals surface area contributed by atoms with Crippen molar-refractivity contribution in [2.24, 2.45) is 0 Å². The first kappa shape index (κ1) is 13.1. The van der Waals surface area contributed by atoms with Gasteiger partial charge in [-0.25, -0.2) is 4.79 Å². The Morgan fingerprint density at radius 2 is 1.89 bits per heavy atom. The molecule has 0 aromatic heterocycles. The third-order valence-electron chi connectivity index (χ3n) is 3.07. The van der Waals surface area contributed by atoms with Crippen LogP contribution in [0.15, 0.2) is 42.5 Å². The summed E-state index contributed by atoms with van der Waals surface area (Å²) in [7, 11) is 0. The molecule has 2 N–H and O–H groups in total. The quantitative estimate of drug-likeness (QED) is 0.868. The van der Waals surface area contributed by atoms with Crippen LogP contribution in [0.5, 0.6) is 0 Å². The number of rotatable bonds is 4. The highest BCUT2D eigenvalue weighted by Gasteiger charge is 2.11. The maximum absolute atomic E-state index is 11.3. The number of anilines is 2. The molecular weight excluding hydrogens is 238 g/mol. The summed E-state index contributed by atoms with van der Waals surface area (Å²) < 4.78 is 0. The van der Waals surface area contributed by atoms with Crippen LogP contribution < -0.4 is 5.32 Å². The highest BCUT2D eigenvalue weighted by Crippen LogP contribution is 2.25. The molecule has 0 heterocycles. The van der Waals surface area contributed by atoms with E-state index >= 15 is 0 Å². The number of carbonyl (C=O) groups is 1. The molecule has 0 radical (unpaired) electrons. The lowest BCUT2D eigenvalue weighted by Gasteiger charge is -2.13. The number of nitrogens with one attached hydrogen (secondary N) is 1. The summed E-state index contributed by atoms with van der Waals surface area (Å²) in [6.45, 7) is 3.96. The minimum Gasteiger partial charge on any atom is -0.478 e. The van der Waals surface area contributed by atoms with Crippen molar-refractivity contribution in [1.82, 2.24) is 0 Å². The van der Waals surface area contributed by atoms with E-state index in [1.54, 1.807) is 6.07 Å². The van der Waals surface area contributed by atoms with Crippen LogP contribution in [-0.4, -0.2) is 11.1 Å². The standard InChI is InChI=1S/C16H17NO2/c1-3-12-6-4-5-7-14(12)17-15-9-8-11(2)10-13(15)16(18)19/h4-10,17H,3H2,1-2H3,(H,18,19). The fourth-order valence-electron chi connectivity index (χ4n) is 2.04. The molecule has 0 amide bonds. The van der Waals surface area contributed by atoms with Crippen LogP contribution in [0.4, 0.5) is 11.4 Å². The van der Waals surface area contributed by atoms with Crippen LogP contribution in [0.25, 0.3) is 0 Å².